The summed E-state index contributed by atoms with van der Waals surface area (Å²) in [7, 11) is 0. The van der Waals surface area contributed by atoms with Gasteiger partial charge >= 0.3 is 0 Å². The van der Waals surface area contributed by atoms with Crippen LogP contribution in [0.5, 0.6) is 0 Å². The van der Waals surface area contributed by atoms with Crippen molar-refractivity contribution in [3.05, 3.63) is 24.2 Å². The Bertz CT molecular complexity index is 530. The first kappa shape index (κ1) is 13.8. The molecule has 2 aliphatic rings. The lowest BCUT2D eigenvalue weighted by atomic mass is 10.0. The molecule has 0 unspecified atom stereocenters. The predicted molar refractivity (Wildman–Crippen MR) is 70.3 cm³/mol. The molecule has 112 valence electrons. The third-order valence-electron chi connectivity index (χ3n) is 3.87. The Kier molecular flexibility index (Phi) is 3.74. The van der Waals surface area contributed by atoms with Crippen LogP contribution < -0.4 is 0 Å². The zero-order chi connectivity index (χ0) is 14.8. The van der Waals surface area contributed by atoms with E-state index in [0.29, 0.717) is 31.5 Å². The van der Waals surface area contributed by atoms with Gasteiger partial charge in [0.1, 0.15) is 19.5 Å². The summed E-state index contributed by atoms with van der Waals surface area (Å²) in [4.78, 5) is 38.8. The molecule has 21 heavy (non-hydrogen) atoms. The van der Waals surface area contributed by atoms with E-state index in [1.54, 1.807) is 11.0 Å². The van der Waals surface area contributed by atoms with Gasteiger partial charge in [0.05, 0.1) is 11.8 Å². The van der Waals surface area contributed by atoms with Gasteiger partial charge < -0.3 is 14.1 Å². The summed E-state index contributed by atoms with van der Waals surface area (Å²) in [5.74, 6) is -0.654. The van der Waals surface area contributed by atoms with Gasteiger partial charge in [0.25, 0.3) is 17.7 Å². The van der Waals surface area contributed by atoms with Gasteiger partial charge in [-0.2, -0.15) is 0 Å². The van der Waals surface area contributed by atoms with Crippen molar-refractivity contribution in [1.82, 2.24) is 9.80 Å². The summed E-state index contributed by atoms with van der Waals surface area (Å²) in [6, 6.07) is 1.49. The summed E-state index contributed by atoms with van der Waals surface area (Å²) >= 11 is 0. The number of morpholine rings is 1. The van der Waals surface area contributed by atoms with Crippen molar-refractivity contribution in [3.8, 4) is 0 Å². The number of furan rings is 1. The number of ether oxygens (including phenoxy) is 1. The minimum Gasteiger partial charge on any atom is -0.472 e. The van der Waals surface area contributed by atoms with Crippen LogP contribution in [-0.4, -0.2) is 59.9 Å². The topological polar surface area (TPSA) is 80.1 Å². The Labute approximate surface area is 121 Å². The number of hydrogen-bond acceptors (Lipinski definition) is 5. The second-order valence-electron chi connectivity index (χ2n) is 5.19. The molecule has 2 fully saturated rings. The molecule has 3 amide bonds. The lowest BCUT2D eigenvalue weighted by Gasteiger charge is -2.38. The molecular formula is C14H16N2O5. The van der Waals surface area contributed by atoms with Gasteiger partial charge in [0.15, 0.2) is 0 Å². The van der Waals surface area contributed by atoms with Crippen LogP contribution in [0.2, 0.25) is 0 Å². The van der Waals surface area contributed by atoms with Crippen molar-refractivity contribution in [2.75, 3.05) is 26.3 Å². The number of imide groups is 1. The number of likely N-dealkylation sites (tertiary alicyclic amines) is 1. The number of carbonyl (C=O) groups excluding carboxylic acids is 3. The molecule has 1 aromatic rings. The molecule has 1 aromatic heterocycles. The molecule has 7 nitrogen and oxygen atoms in total. The van der Waals surface area contributed by atoms with E-state index in [1.165, 1.54) is 17.4 Å². The van der Waals surface area contributed by atoms with Crippen molar-refractivity contribution in [2.24, 2.45) is 0 Å². The number of piperidine rings is 1. The van der Waals surface area contributed by atoms with Crippen LogP contribution in [0.4, 0.5) is 0 Å². The van der Waals surface area contributed by atoms with Crippen LogP contribution in [0.3, 0.4) is 0 Å². The molecule has 0 aliphatic carbocycles. The van der Waals surface area contributed by atoms with E-state index in [9.17, 15) is 14.4 Å². The van der Waals surface area contributed by atoms with Gasteiger partial charge in [0, 0.05) is 19.1 Å². The molecule has 0 spiro atoms. The molecule has 0 saturated carbocycles. The fourth-order valence-corrected chi connectivity index (χ4v) is 2.81. The third-order valence-corrected chi connectivity index (χ3v) is 3.87. The maximum absolute atomic E-state index is 12.2. The minimum absolute atomic E-state index is 0.0418. The molecule has 0 aromatic carbocycles. The van der Waals surface area contributed by atoms with E-state index < -0.39 is 0 Å². The lowest BCUT2D eigenvalue weighted by Crippen LogP contribution is -2.55. The van der Waals surface area contributed by atoms with E-state index >= 15 is 0 Å². The van der Waals surface area contributed by atoms with Crippen molar-refractivity contribution in [1.29, 1.82) is 0 Å². The summed E-state index contributed by atoms with van der Waals surface area (Å²) < 4.78 is 9.82. The minimum atomic E-state index is -0.286. The van der Waals surface area contributed by atoms with E-state index in [1.807, 2.05) is 0 Å². The van der Waals surface area contributed by atoms with Gasteiger partial charge in [-0.25, -0.2) is 0 Å². The Morgan fingerprint density at radius 3 is 2.38 bits per heavy atom. The number of nitrogens with zero attached hydrogens (tertiary/aromatic N) is 2. The van der Waals surface area contributed by atoms with Crippen LogP contribution in [0.1, 0.15) is 23.2 Å². The molecule has 7 heteroatoms. The maximum atomic E-state index is 12.2. The molecule has 3 rings (SSSR count). The molecule has 3 heterocycles. The molecule has 2 aliphatic heterocycles. The van der Waals surface area contributed by atoms with Crippen LogP contribution in [0, 0.1) is 0 Å². The van der Waals surface area contributed by atoms with Crippen molar-refractivity contribution >= 4 is 17.7 Å². The molecule has 0 N–H and O–H groups in total. The van der Waals surface area contributed by atoms with Crippen LogP contribution >= 0.6 is 0 Å². The van der Waals surface area contributed by atoms with Gasteiger partial charge in [-0.15, -0.1) is 0 Å². The largest absolute Gasteiger partial charge is 0.472 e. The second kappa shape index (κ2) is 5.69. The van der Waals surface area contributed by atoms with E-state index in [-0.39, 0.29) is 37.0 Å². The monoisotopic (exact) mass is 292 g/mol. The predicted octanol–water partition coefficient (Wildman–Crippen LogP) is 0.270. The van der Waals surface area contributed by atoms with E-state index in [0.717, 1.165) is 0 Å². The van der Waals surface area contributed by atoms with Gasteiger partial charge in [-0.3, -0.25) is 19.3 Å². The smallest absolute Gasteiger partial charge is 0.257 e. The average Bonchev–Trinajstić information content (AvgIpc) is 3.01. The van der Waals surface area contributed by atoms with Gasteiger partial charge in [-0.1, -0.05) is 0 Å². The van der Waals surface area contributed by atoms with Crippen LogP contribution in [0.15, 0.2) is 23.0 Å². The molecule has 0 radical (unpaired) electrons. The summed E-state index contributed by atoms with van der Waals surface area (Å²) in [6.07, 6.45) is 4.08. The van der Waals surface area contributed by atoms with Crippen LogP contribution in [0.25, 0.3) is 0 Å². The van der Waals surface area contributed by atoms with Crippen molar-refractivity contribution < 1.29 is 23.5 Å². The van der Waals surface area contributed by atoms with E-state index in [2.05, 4.69) is 0 Å². The number of hydrogen-bond donors (Lipinski definition) is 0. The quantitative estimate of drug-likeness (QED) is 0.731. The zero-order valence-corrected chi connectivity index (χ0v) is 11.5. The zero-order valence-electron chi connectivity index (χ0n) is 11.5. The summed E-state index contributed by atoms with van der Waals surface area (Å²) in [5.41, 5.74) is 0.520. The van der Waals surface area contributed by atoms with Crippen molar-refractivity contribution in [2.45, 2.75) is 18.9 Å². The summed E-state index contributed by atoms with van der Waals surface area (Å²) in [5, 5.41) is 0. The first-order valence-electron chi connectivity index (χ1n) is 6.91. The SMILES string of the molecule is O=C(c1ccoc1)N1CCC(N2C(=O)COCC2=O)CC1. The van der Waals surface area contributed by atoms with Crippen LogP contribution in [-0.2, 0) is 14.3 Å². The molecule has 0 atom stereocenters. The standard InChI is InChI=1S/C14H16N2O5/c17-12-8-21-9-13(18)16(12)11-1-4-15(5-2-11)14(19)10-3-6-20-7-10/h3,6-7,11H,1-2,4-5,8-9H2. The van der Waals surface area contributed by atoms with Gasteiger partial charge in [0.2, 0.25) is 0 Å². The Morgan fingerprint density at radius 2 is 1.81 bits per heavy atom. The first-order valence-corrected chi connectivity index (χ1v) is 6.91. The third kappa shape index (κ3) is 2.69. The fraction of sp³-hybridized carbons (Fsp3) is 0.500. The number of amides is 3. The molecule has 0 bridgehead atoms. The lowest BCUT2D eigenvalue weighted by molar-refractivity contribution is -0.162. The normalized spacial score (nSPS) is 21.0. The average molecular weight is 292 g/mol. The highest BCUT2D eigenvalue weighted by atomic mass is 16.5. The highest BCUT2D eigenvalue weighted by Crippen LogP contribution is 2.20. The Hall–Kier alpha value is -2.15. The second-order valence-corrected chi connectivity index (χ2v) is 5.19. The Morgan fingerprint density at radius 1 is 1.14 bits per heavy atom. The van der Waals surface area contributed by atoms with Crippen molar-refractivity contribution in [3.63, 3.8) is 0 Å². The highest BCUT2D eigenvalue weighted by Gasteiger charge is 2.35. The molecule has 2 saturated heterocycles. The number of rotatable bonds is 2. The van der Waals surface area contributed by atoms with E-state index in [4.69, 9.17) is 9.15 Å². The highest BCUT2D eigenvalue weighted by molar-refractivity contribution is 5.98. The first-order chi connectivity index (χ1) is 10.2. The van der Waals surface area contributed by atoms with Gasteiger partial charge in [-0.05, 0) is 18.9 Å². The molecular weight excluding hydrogens is 276 g/mol. The fourth-order valence-electron chi connectivity index (χ4n) is 2.81. The maximum Gasteiger partial charge on any atom is 0.257 e. The Balaban J connectivity index is 1.61. The number of carbonyl (C=O) groups is 3. The summed E-state index contributed by atoms with van der Waals surface area (Å²) in [6.45, 7) is 0.957.